The normalized spacial score (nSPS) is 12.7. The molecule has 8 heteroatoms. The van der Waals surface area contributed by atoms with Crippen molar-refractivity contribution in [3.8, 4) is 0 Å². The molecule has 26 heavy (non-hydrogen) atoms. The Hall–Kier alpha value is -2.64. The number of aryl methyl sites for hydroxylation is 1. The van der Waals surface area contributed by atoms with Gasteiger partial charge in [-0.1, -0.05) is 12.1 Å². The topological polar surface area (TPSA) is 52.7 Å². The van der Waals surface area contributed by atoms with Gasteiger partial charge in [0.15, 0.2) is 0 Å². The predicted molar refractivity (Wildman–Crippen MR) is 92.1 cm³/mol. The van der Waals surface area contributed by atoms with Crippen LogP contribution in [0.2, 0.25) is 0 Å². The summed E-state index contributed by atoms with van der Waals surface area (Å²) in [6.07, 6.45) is -2.84. The van der Waals surface area contributed by atoms with Gasteiger partial charge in [-0.2, -0.15) is 23.4 Å². The van der Waals surface area contributed by atoms with Crippen molar-refractivity contribution in [2.24, 2.45) is 0 Å². The van der Waals surface area contributed by atoms with Gasteiger partial charge in [-0.25, -0.2) is 4.68 Å². The standard InChI is InChI=1S/C18H19F3N4O/c1-11-14-9-22-25(17(2,3)4)15(14)16(26)24(23-11)10-12-6-5-7-13(8-12)18(19,20)21/h5-9H,10H2,1-4H3. The minimum Gasteiger partial charge on any atom is -0.265 e. The summed E-state index contributed by atoms with van der Waals surface area (Å²) in [5, 5.41) is 9.19. The molecule has 5 nitrogen and oxygen atoms in total. The molecule has 0 N–H and O–H groups in total. The van der Waals surface area contributed by atoms with E-state index in [9.17, 15) is 18.0 Å². The van der Waals surface area contributed by atoms with Crippen LogP contribution in [0, 0.1) is 6.92 Å². The molecule has 0 aliphatic carbocycles. The van der Waals surface area contributed by atoms with E-state index >= 15 is 0 Å². The molecule has 0 amide bonds. The Bertz CT molecular complexity index is 1030. The zero-order chi connectivity index (χ0) is 19.3. The van der Waals surface area contributed by atoms with Gasteiger partial charge in [0.2, 0.25) is 0 Å². The quantitative estimate of drug-likeness (QED) is 0.696. The average molecular weight is 364 g/mol. The lowest BCUT2D eigenvalue weighted by Gasteiger charge is -2.20. The van der Waals surface area contributed by atoms with Crippen LogP contribution in [-0.4, -0.2) is 19.6 Å². The van der Waals surface area contributed by atoms with E-state index in [4.69, 9.17) is 0 Å². The van der Waals surface area contributed by atoms with E-state index < -0.39 is 17.3 Å². The van der Waals surface area contributed by atoms with Crippen LogP contribution in [-0.2, 0) is 18.3 Å². The van der Waals surface area contributed by atoms with Crippen LogP contribution in [0.4, 0.5) is 13.2 Å². The molecule has 1 aromatic carbocycles. The molecule has 2 heterocycles. The zero-order valence-electron chi connectivity index (χ0n) is 14.9. The lowest BCUT2D eigenvalue weighted by atomic mass is 10.1. The Kier molecular flexibility index (Phi) is 4.17. The van der Waals surface area contributed by atoms with Gasteiger partial charge in [-0.15, -0.1) is 0 Å². The van der Waals surface area contributed by atoms with Crippen LogP contribution < -0.4 is 5.56 Å². The second kappa shape index (κ2) is 5.96. The van der Waals surface area contributed by atoms with E-state index in [0.29, 0.717) is 22.2 Å². The third-order valence-corrected chi connectivity index (χ3v) is 4.09. The number of aromatic nitrogens is 4. The van der Waals surface area contributed by atoms with Crippen molar-refractivity contribution in [1.82, 2.24) is 19.6 Å². The van der Waals surface area contributed by atoms with Crippen molar-refractivity contribution in [3.05, 3.63) is 57.6 Å². The Morgan fingerprint density at radius 2 is 1.85 bits per heavy atom. The van der Waals surface area contributed by atoms with Gasteiger partial charge < -0.3 is 0 Å². The molecular weight excluding hydrogens is 345 g/mol. The lowest BCUT2D eigenvalue weighted by molar-refractivity contribution is -0.137. The maximum Gasteiger partial charge on any atom is 0.416 e. The minimum atomic E-state index is -4.43. The van der Waals surface area contributed by atoms with E-state index in [1.165, 1.54) is 10.7 Å². The number of rotatable bonds is 2. The summed E-state index contributed by atoms with van der Waals surface area (Å²) in [6.45, 7) is 7.47. The summed E-state index contributed by atoms with van der Waals surface area (Å²) in [4.78, 5) is 12.9. The highest BCUT2D eigenvalue weighted by molar-refractivity contribution is 5.79. The van der Waals surface area contributed by atoms with E-state index in [1.807, 2.05) is 20.8 Å². The summed E-state index contributed by atoms with van der Waals surface area (Å²) in [5.74, 6) is 0. The molecule has 0 saturated carbocycles. The number of halogens is 3. The molecule has 0 aliphatic heterocycles. The minimum absolute atomic E-state index is 0.0468. The van der Waals surface area contributed by atoms with Gasteiger partial charge in [0.1, 0.15) is 5.52 Å². The molecule has 0 radical (unpaired) electrons. The molecule has 0 aliphatic rings. The average Bonchev–Trinajstić information content (AvgIpc) is 2.98. The molecule has 3 rings (SSSR count). The van der Waals surface area contributed by atoms with Crippen molar-refractivity contribution in [3.63, 3.8) is 0 Å². The van der Waals surface area contributed by atoms with Crippen molar-refractivity contribution in [2.45, 2.75) is 46.0 Å². The number of fused-ring (bicyclic) bond motifs is 1. The molecular formula is C18H19F3N4O. The number of hydrogen-bond donors (Lipinski definition) is 0. The van der Waals surface area contributed by atoms with E-state index in [-0.39, 0.29) is 12.1 Å². The molecule has 0 unspecified atom stereocenters. The van der Waals surface area contributed by atoms with E-state index in [0.717, 1.165) is 12.1 Å². The highest BCUT2D eigenvalue weighted by atomic mass is 19.4. The summed E-state index contributed by atoms with van der Waals surface area (Å²) >= 11 is 0. The summed E-state index contributed by atoms with van der Waals surface area (Å²) in [7, 11) is 0. The fourth-order valence-corrected chi connectivity index (χ4v) is 2.86. The molecule has 0 saturated heterocycles. The first-order valence-electron chi connectivity index (χ1n) is 8.10. The van der Waals surface area contributed by atoms with Gasteiger partial charge in [-0.05, 0) is 45.4 Å². The van der Waals surface area contributed by atoms with Crippen LogP contribution in [0.3, 0.4) is 0 Å². The Balaban J connectivity index is 2.13. The zero-order valence-corrected chi connectivity index (χ0v) is 14.9. The first-order chi connectivity index (χ1) is 12.0. The van der Waals surface area contributed by atoms with Gasteiger partial charge in [0, 0.05) is 5.39 Å². The van der Waals surface area contributed by atoms with Crippen LogP contribution in [0.15, 0.2) is 35.3 Å². The van der Waals surface area contributed by atoms with Crippen LogP contribution in [0.5, 0.6) is 0 Å². The maximum absolute atomic E-state index is 12.9. The fourth-order valence-electron chi connectivity index (χ4n) is 2.86. The molecule has 3 aromatic rings. The van der Waals surface area contributed by atoms with Gasteiger partial charge in [0.05, 0.1) is 29.5 Å². The summed E-state index contributed by atoms with van der Waals surface area (Å²) in [6, 6.07) is 4.91. The van der Waals surface area contributed by atoms with Gasteiger partial charge in [-0.3, -0.25) is 9.48 Å². The first kappa shape index (κ1) is 18.2. The third kappa shape index (κ3) is 3.23. The number of nitrogens with zero attached hydrogens (tertiary/aromatic N) is 4. The lowest BCUT2D eigenvalue weighted by Crippen LogP contribution is -2.31. The number of benzene rings is 1. The summed E-state index contributed by atoms with van der Waals surface area (Å²) < 4.78 is 41.5. The van der Waals surface area contributed by atoms with E-state index in [2.05, 4.69) is 10.2 Å². The van der Waals surface area contributed by atoms with Gasteiger partial charge in [0.25, 0.3) is 5.56 Å². The third-order valence-electron chi connectivity index (χ3n) is 4.09. The molecule has 0 bridgehead atoms. The van der Waals surface area contributed by atoms with Crippen molar-refractivity contribution in [2.75, 3.05) is 0 Å². The van der Waals surface area contributed by atoms with Gasteiger partial charge >= 0.3 is 6.18 Å². The first-order valence-corrected chi connectivity index (χ1v) is 8.10. The smallest absolute Gasteiger partial charge is 0.265 e. The molecule has 2 aromatic heterocycles. The Morgan fingerprint density at radius 1 is 1.15 bits per heavy atom. The monoisotopic (exact) mass is 364 g/mol. The second-order valence-electron chi connectivity index (χ2n) is 7.24. The van der Waals surface area contributed by atoms with Crippen molar-refractivity contribution < 1.29 is 13.2 Å². The summed E-state index contributed by atoms with van der Waals surface area (Å²) in [5.41, 5.74) is -0.187. The SMILES string of the molecule is Cc1nn(Cc2cccc(C(F)(F)F)c2)c(=O)c2c1cnn2C(C)(C)C. The second-order valence-corrected chi connectivity index (χ2v) is 7.24. The molecule has 0 fully saturated rings. The highest BCUT2D eigenvalue weighted by Gasteiger charge is 2.30. The Morgan fingerprint density at radius 3 is 2.46 bits per heavy atom. The van der Waals surface area contributed by atoms with Crippen molar-refractivity contribution in [1.29, 1.82) is 0 Å². The molecule has 138 valence electrons. The Labute approximate surface area is 148 Å². The largest absolute Gasteiger partial charge is 0.416 e. The highest BCUT2D eigenvalue weighted by Crippen LogP contribution is 2.29. The predicted octanol–water partition coefficient (Wildman–Crippen LogP) is 3.72. The van der Waals surface area contributed by atoms with E-state index in [1.54, 1.807) is 23.9 Å². The number of alkyl halides is 3. The molecule has 0 atom stereocenters. The van der Waals surface area contributed by atoms with Crippen LogP contribution in [0.25, 0.3) is 10.9 Å². The van der Waals surface area contributed by atoms with Crippen molar-refractivity contribution >= 4 is 10.9 Å². The maximum atomic E-state index is 12.9. The number of hydrogen-bond acceptors (Lipinski definition) is 3. The fraction of sp³-hybridized carbons (Fsp3) is 0.389. The molecule has 0 spiro atoms. The van der Waals surface area contributed by atoms with Crippen LogP contribution >= 0.6 is 0 Å². The van der Waals surface area contributed by atoms with Crippen LogP contribution in [0.1, 0.15) is 37.6 Å².